The zero-order valence-electron chi connectivity index (χ0n) is 28.7. The first-order valence-electron chi connectivity index (χ1n) is 18.2. The third-order valence-electron chi connectivity index (χ3n) is 7.54. The number of unbranched alkanes of at least 4 members (excludes halogenated alkanes) is 20. The summed E-state index contributed by atoms with van der Waals surface area (Å²) >= 11 is 0. The molecular weight excluding hydrogens is 536 g/mol. The second kappa shape index (κ2) is 38.1. The van der Waals surface area contributed by atoms with Gasteiger partial charge in [-0.05, 0) is 51.4 Å². The van der Waals surface area contributed by atoms with E-state index in [0.717, 1.165) is 51.4 Å². The Balaban J connectivity index is 0. The molecule has 0 unspecified atom stereocenters. The third-order valence-corrected chi connectivity index (χ3v) is 7.54. The van der Waals surface area contributed by atoms with Crippen LogP contribution in [0.1, 0.15) is 201 Å². The van der Waals surface area contributed by atoms with Gasteiger partial charge < -0.3 is 9.84 Å². The smallest absolute Gasteiger partial charge is 0.313 e. The highest BCUT2D eigenvalue weighted by molar-refractivity contribution is 5.85. The molecule has 0 aliphatic rings. The molecule has 43 heavy (non-hydrogen) atoms. The van der Waals surface area contributed by atoms with Gasteiger partial charge in [0.25, 0.3) is 0 Å². The summed E-state index contributed by atoms with van der Waals surface area (Å²) in [6.45, 7) is 6.65. The Bertz CT molecular complexity index is 667. The maximum Gasteiger partial charge on any atom is 0.313 e. The van der Waals surface area contributed by atoms with E-state index in [1.165, 1.54) is 109 Å². The van der Waals surface area contributed by atoms with Crippen molar-refractivity contribution in [2.24, 2.45) is 0 Å². The topological polar surface area (TPSA) is 80.7 Å². The molecule has 0 saturated heterocycles. The molecule has 0 bridgehead atoms. The molecule has 0 aromatic rings. The maximum atomic E-state index is 11.6. The lowest BCUT2D eigenvalue weighted by molar-refractivity contribution is -0.159. The lowest BCUT2D eigenvalue weighted by atomic mass is 10.1. The fourth-order valence-corrected chi connectivity index (χ4v) is 4.77. The molecule has 1 N–H and O–H groups in total. The molecule has 0 rings (SSSR count). The van der Waals surface area contributed by atoms with Crippen LogP contribution in [0.2, 0.25) is 0 Å². The molecule has 252 valence electrons. The quantitative estimate of drug-likeness (QED) is 0.0381. The van der Waals surface area contributed by atoms with Crippen molar-refractivity contribution < 1.29 is 24.2 Å². The minimum Gasteiger partial charge on any atom is -0.481 e. The first-order chi connectivity index (χ1) is 21.0. The number of ether oxygens (including phenoxy) is 1. The number of esters is 2. The minimum absolute atomic E-state index is 0.324. The average Bonchev–Trinajstić information content (AvgIpc) is 2.98. The highest BCUT2D eigenvalue weighted by atomic mass is 16.6. The lowest BCUT2D eigenvalue weighted by Gasteiger charge is -2.04. The number of hydrogen-bond acceptors (Lipinski definition) is 4. The van der Waals surface area contributed by atoms with Crippen molar-refractivity contribution in [2.75, 3.05) is 0 Å². The van der Waals surface area contributed by atoms with Gasteiger partial charge in [-0.15, -0.1) is 0 Å². The van der Waals surface area contributed by atoms with E-state index < -0.39 is 5.97 Å². The van der Waals surface area contributed by atoms with Crippen molar-refractivity contribution in [1.29, 1.82) is 0 Å². The van der Waals surface area contributed by atoms with Crippen LogP contribution >= 0.6 is 0 Å². The van der Waals surface area contributed by atoms with E-state index in [1.54, 1.807) is 0 Å². The second-order valence-corrected chi connectivity index (χ2v) is 12.0. The van der Waals surface area contributed by atoms with E-state index >= 15 is 0 Å². The van der Waals surface area contributed by atoms with E-state index in [1.807, 2.05) is 0 Å². The number of aliphatic carboxylic acids is 1. The van der Waals surface area contributed by atoms with Gasteiger partial charge in [-0.25, -0.2) is 0 Å². The molecule has 0 spiro atoms. The summed E-state index contributed by atoms with van der Waals surface area (Å²) in [5.74, 6) is -1.35. The highest BCUT2D eigenvalue weighted by Crippen LogP contribution is 2.11. The molecule has 5 heteroatoms. The fraction of sp³-hybridized carbons (Fsp3) is 0.816. The van der Waals surface area contributed by atoms with Gasteiger partial charge in [0.05, 0.1) is 0 Å². The zero-order valence-corrected chi connectivity index (χ0v) is 28.7. The first kappa shape index (κ1) is 43.2. The number of carbonyl (C=O) groups is 3. The van der Waals surface area contributed by atoms with Gasteiger partial charge in [-0.2, -0.15) is 0 Å². The van der Waals surface area contributed by atoms with Gasteiger partial charge >= 0.3 is 17.9 Å². The fourth-order valence-electron chi connectivity index (χ4n) is 4.77. The van der Waals surface area contributed by atoms with Crippen LogP contribution in [0.3, 0.4) is 0 Å². The number of hydrogen-bond donors (Lipinski definition) is 1. The number of carboxylic acid groups (broad SMARTS) is 1. The summed E-state index contributed by atoms with van der Waals surface area (Å²) in [7, 11) is 0. The summed E-state index contributed by atoms with van der Waals surface area (Å²) < 4.78 is 4.86. The molecule has 0 heterocycles. The second-order valence-electron chi connectivity index (χ2n) is 12.0. The van der Waals surface area contributed by atoms with Crippen LogP contribution in [0.15, 0.2) is 24.3 Å². The van der Waals surface area contributed by atoms with E-state index in [0.29, 0.717) is 19.3 Å². The van der Waals surface area contributed by atoms with Crippen molar-refractivity contribution in [3.63, 3.8) is 0 Å². The Morgan fingerprint density at radius 2 is 0.767 bits per heavy atom. The largest absolute Gasteiger partial charge is 0.481 e. The Kier molecular flexibility index (Phi) is 38.3. The van der Waals surface area contributed by atoms with Crippen molar-refractivity contribution >= 4 is 17.9 Å². The summed E-state index contributed by atoms with van der Waals surface area (Å²) in [4.78, 5) is 33.4. The molecule has 0 aromatic heterocycles. The number of rotatable bonds is 30. The molecular formula is C38H70O5. The van der Waals surface area contributed by atoms with Crippen LogP contribution in [-0.2, 0) is 19.1 Å². The van der Waals surface area contributed by atoms with Crippen molar-refractivity contribution in [3.05, 3.63) is 24.3 Å². The molecule has 5 nitrogen and oxygen atoms in total. The van der Waals surface area contributed by atoms with Gasteiger partial charge in [0, 0.05) is 19.3 Å². The van der Waals surface area contributed by atoms with Crippen LogP contribution in [0, 0.1) is 0 Å². The van der Waals surface area contributed by atoms with Gasteiger partial charge in [-0.3, -0.25) is 14.4 Å². The maximum absolute atomic E-state index is 11.6. The summed E-state index contributed by atoms with van der Waals surface area (Å²) in [6, 6.07) is 0. The van der Waals surface area contributed by atoms with E-state index in [2.05, 4.69) is 45.1 Å². The number of allylic oxidation sites excluding steroid dienone is 4. The monoisotopic (exact) mass is 607 g/mol. The van der Waals surface area contributed by atoms with Gasteiger partial charge in [-0.1, -0.05) is 154 Å². The molecule has 0 amide bonds. The normalized spacial score (nSPS) is 11.1. The van der Waals surface area contributed by atoms with Crippen LogP contribution in [0.5, 0.6) is 0 Å². The lowest BCUT2D eigenvalue weighted by Crippen LogP contribution is -2.11. The third kappa shape index (κ3) is 42.3. The van der Waals surface area contributed by atoms with Gasteiger partial charge in [0.2, 0.25) is 0 Å². The van der Waals surface area contributed by atoms with Gasteiger partial charge in [0.1, 0.15) is 0 Å². The van der Waals surface area contributed by atoms with E-state index in [-0.39, 0.29) is 11.9 Å². The first-order valence-corrected chi connectivity index (χ1v) is 18.2. The Morgan fingerprint density at radius 3 is 1.19 bits per heavy atom. The predicted molar refractivity (Wildman–Crippen MR) is 183 cm³/mol. The molecule has 0 saturated carbocycles. The van der Waals surface area contributed by atoms with Crippen LogP contribution in [0.4, 0.5) is 0 Å². The van der Waals surface area contributed by atoms with Crippen molar-refractivity contribution in [2.45, 2.75) is 201 Å². The van der Waals surface area contributed by atoms with Crippen LogP contribution < -0.4 is 0 Å². The summed E-state index contributed by atoms with van der Waals surface area (Å²) in [6.07, 6.45) is 39.4. The Hall–Kier alpha value is -1.91. The molecule has 0 radical (unpaired) electrons. The van der Waals surface area contributed by atoms with Crippen LogP contribution in [0.25, 0.3) is 0 Å². The summed E-state index contributed by atoms with van der Waals surface area (Å²) in [5, 5.41) is 8.50. The molecule has 0 aliphatic heterocycles. The molecule has 0 atom stereocenters. The minimum atomic E-state index is -0.671. The SMILES string of the molecule is CCCCC/C=C\C/C=C\CCCCCCCC(=O)O.CCCCCCCCCCC(=O)OC(=O)CCCCCCCC. The van der Waals surface area contributed by atoms with E-state index in [4.69, 9.17) is 9.84 Å². The number of carboxylic acids is 1. The number of carbonyl (C=O) groups excluding carboxylic acids is 2. The Morgan fingerprint density at radius 1 is 0.442 bits per heavy atom. The standard InChI is InChI=1S/C20H38O3.C18H32O2/c1-3-5-7-9-11-12-14-16-18-20(22)23-19(21)17-15-13-10-8-6-4-2;1-2-3-4-5-6-7-8-9-10-11-12-13-14-15-16-17-18(19)20/h3-18H2,1-2H3;6-7,9-10H,2-5,8,11-17H2,1H3,(H,19,20)/b;7-6-,10-9-. The van der Waals surface area contributed by atoms with Crippen LogP contribution in [-0.4, -0.2) is 23.0 Å². The predicted octanol–water partition coefficient (Wildman–Crippen LogP) is 12.2. The van der Waals surface area contributed by atoms with Gasteiger partial charge in [0.15, 0.2) is 0 Å². The highest BCUT2D eigenvalue weighted by Gasteiger charge is 2.09. The molecule has 0 fully saturated rings. The summed E-state index contributed by atoms with van der Waals surface area (Å²) in [5.41, 5.74) is 0. The Labute approximate surface area is 266 Å². The zero-order chi connectivity index (χ0) is 32.1. The molecule has 0 aliphatic carbocycles. The van der Waals surface area contributed by atoms with E-state index in [9.17, 15) is 14.4 Å². The average molecular weight is 607 g/mol. The molecule has 0 aromatic carbocycles. The van der Waals surface area contributed by atoms with Crippen molar-refractivity contribution in [1.82, 2.24) is 0 Å². The van der Waals surface area contributed by atoms with Crippen molar-refractivity contribution in [3.8, 4) is 0 Å².